The van der Waals surface area contributed by atoms with E-state index in [2.05, 4.69) is 17.9 Å². The van der Waals surface area contributed by atoms with Crippen molar-refractivity contribution < 1.29 is 18.7 Å². The van der Waals surface area contributed by atoms with Gasteiger partial charge < -0.3 is 18.8 Å². The van der Waals surface area contributed by atoms with E-state index in [0.717, 1.165) is 28.6 Å². The molecule has 0 bridgehead atoms. The van der Waals surface area contributed by atoms with Crippen LogP contribution in [-0.4, -0.2) is 37.7 Å². The summed E-state index contributed by atoms with van der Waals surface area (Å²) >= 11 is 0. The van der Waals surface area contributed by atoms with Crippen LogP contribution in [0.1, 0.15) is 62.0 Å². The molecule has 6 nitrogen and oxygen atoms in total. The topological polar surface area (TPSA) is 69.0 Å². The Morgan fingerprint density at radius 3 is 2.60 bits per heavy atom. The number of benzene rings is 1. The highest BCUT2D eigenvalue weighted by Crippen LogP contribution is 2.47. The van der Waals surface area contributed by atoms with Crippen molar-refractivity contribution in [2.24, 2.45) is 0 Å². The fourth-order valence-electron chi connectivity index (χ4n) is 4.31. The number of hydrogen-bond acceptors (Lipinski definition) is 6. The third-order valence-electron chi connectivity index (χ3n) is 5.70. The maximum Gasteiger partial charge on any atom is 0.336 e. The van der Waals surface area contributed by atoms with Gasteiger partial charge in [-0.15, -0.1) is 0 Å². The zero-order chi connectivity index (χ0) is 21.5. The first kappa shape index (κ1) is 20.7. The lowest BCUT2D eigenvalue weighted by Crippen LogP contribution is -2.38. The van der Waals surface area contributed by atoms with Crippen LogP contribution in [0.2, 0.25) is 0 Å². The van der Waals surface area contributed by atoms with Crippen molar-refractivity contribution in [3.05, 3.63) is 39.3 Å². The number of Topliss-reactive ketones (excluding diaryl/α,β-unsaturated/α-hetero) is 1. The van der Waals surface area contributed by atoms with Gasteiger partial charge in [-0.25, -0.2) is 4.79 Å². The minimum Gasteiger partial charge on any atom is -0.482 e. The van der Waals surface area contributed by atoms with Crippen LogP contribution in [0.5, 0.6) is 5.75 Å². The molecule has 0 unspecified atom stereocenters. The molecule has 0 saturated carbocycles. The number of ether oxygens (including phenoxy) is 2. The number of nitrogens with zero attached hydrogens (tertiary/aromatic N) is 1. The molecule has 30 heavy (non-hydrogen) atoms. The number of aryl methyl sites for hydroxylation is 1. The van der Waals surface area contributed by atoms with Crippen LogP contribution >= 0.6 is 0 Å². The van der Waals surface area contributed by atoms with Gasteiger partial charge in [0, 0.05) is 31.1 Å². The van der Waals surface area contributed by atoms with Crippen LogP contribution in [0.15, 0.2) is 21.4 Å². The lowest BCUT2D eigenvalue weighted by molar-refractivity contribution is 0.0986. The predicted octanol–water partition coefficient (Wildman–Crippen LogP) is 4.36. The summed E-state index contributed by atoms with van der Waals surface area (Å²) in [7, 11) is 0. The number of morpholine rings is 1. The van der Waals surface area contributed by atoms with Crippen molar-refractivity contribution in [2.75, 3.05) is 31.2 Å². The van der Waals surface area contributed by atoms with Gasteiger partial charge in [-0.3, -0.25) is 4.79 Å². The number of hydrogen-bond donors (Lipinski definition) is 0. The molecule has 0 N–H and O–H groups in total. The van der Waals surface area contributed by atoms with Gasteiger partial charge in [-0.05, 0) is 38.0 Å². The predicted molar refractivity (Wildman–Crippen MR) is 118 cm³/mol. The van der Waals surface area contributed by atoms with Gasteiger partial charge in [0.2, 0.25) is 0 Å². The van der Waals surface area contributed by atoms with Gasteiger partial charge in [-0.2, -0.15) is 0 Å². The quantitative estimate of drug-likeness (QED) is 0.538. The summed E-state index contributed by atoms with van der Waals surface area (Å²) in [5, 5.41) is 0.748. The van der Waals surface area contributed by atoms with Crippen LogP contribution in [0, 0.1) is 0 Å². The van der Waals surface area contributed by atoms with Crippen molar-refractivity contribution in [1.29, 1.82) is 0 Å². The highest BCUT2D eigenvalue weighted by Gasteiger charge is 2.34. The normalized spacial score (nSPS) is 17.7. The van der Waals surface area contributed by atoms with E-state index in [0.29, 0.717) is 56.0 Å². The number of carbonyl (C=O) groups is 1. The summed E-state index contributed by atoms with van der Waals surface area (Å²) in [4.78, 5) is 27.8. The van der Waals surface area contributed by atoms with Gasteiger partial charge in [-0.1, -0.05) is 20.3 Å². The smallest absolute Gasteiger partial charge is 0.336 e. The Kier molecular flexibility index (Phi) is 5.45. The van der Waals surface area contributed by atoms with E-state index in [1.807, 2.05) is 26.8 Å². The molecule has 0 radical (unpaired) electrons. The lowest BCUT2D eigenvalue weighted by atomic mass is 9.90. The van der Waals surface area contributed by atoms with Gasteiger partial charge in [0.05, 0.1) is 29.9 Å². The maximum absolute atomic E-state index is 13.2. The van der Waals surface area contributed by atoms with E-state index >= 15 is 0 Å². The number of anilines is 1. The first-order chi connectivity index (χ1) is 14.4. The molecule has 1 fully saturated rings. The fraction of sp³-hybridized carbons (Fsp3) is 0.500. The molecule has 1 saturated heterocycles. The van der Waals surface area contributed by atoms with Gasteiger partial charge >= 0.3 is 5.63 Å². The lowest BCUT2D eigenvalue weighted by Gasteiger charge is -2.36. The average molecular weight is 411 g/mol. The highest BCUT2D eigenvalue weighted by molar-refractivity contribution is 6.15. The fourth-order valence-corrected chi connectivity index (χ4v) is 4.31. The van der Waals surface area contributed by atoms with Crippen LogP contribution < -0.4 is 15.3 Å². The number of fused-ring (bicyclic) bond motifs is 3. The second kappa shape index (κ2) is 7.91. The molecule has 2 aliphatic heterocycles. The summed E-state index contributed by atoms with van der Waals surface area (Å²) in [5.74, 6) is 0.651. The average Bonchev–Trinajstić information content (AvgIpc) is 2.72. The molecule has 4 rings (SSSR count). The summed E-state index contributed by atoms with van der Waals surface area (Å²) in [6.07, 6.45) is 5.97. The summed E-state index contributed by atoms with van der Waals surface area (Å²) < 4.78 is 17.7. The van der Waals surface area contributed by atoms with Gasteiger partial charge in [0.15, 0.2) is 11.4 Å². The van der Waals surface area contributed by atoms with Crippen molar-refractivity contribution in [3.63, 3.8) is 0 Å². The Labute approximate surface area is 176 Å². The Hall–Kier alpha value is -2.60. The maximum atomic E-state index is 13.2. The van der Waals surface area contributed by atoms with Crippen molar-refractivity contribution in [2.45, 2.75) is 52.6 Å². The highest BCUT2D eigenvalue weighted by atomic mass is 16.5. The molecular formula is C24H29NO5. The molecule has 1 aromatic carbocycles. The Bertz CT molecular complexity index is 1070. The molecule has 2 aliphatic rings. The summed E-state index contributed by atoms with van der Waals surface area (Å²) in [6.45, 7) is 10.4. The standard InChI is InChI=1S/C24H29NO5/c1-5-7-15-14-18(27)29-23-19(15)22-16(8-9-24(3,4)30-22)21(20(23)17(26)6-2)25-10-12-28-13-11-25/h8-9,14H,5-7,10-13H2,1-4H3. The SMILES string of the molecule is CCCc1cc(=O)oc2c(C(=O)CC)c(N3CCOCC3)c3c(c12)OC(C)(C)C=C3. The molecule has 0 aliphatic carbocycles. The van der Waals surface area contributed by atoms with E-state index in [1.54, 1.807) is 0 Å². The van der Waals surface area contributed by atoms with Crippen molar-refractivity contribution >= 4 is 28.5 Å². The van der Waals surface area contributed by atoms with Gasteiger partial charge in [0.25, 0.3) is 0 Å². The van der Waals surface area contributed by atoms with E-state index in [-0.39, 0.29) is 5.78 Å². The molecule has 0 spiro atoms. The van der Waals surface area contributed by atoms with E-state index in [9.17, 15) is 9.59 Å². The number of rotatable bonds is 5. The second-order valence-corrected chi connectivity index (χ2v) is 8.43. The monoisotopic (exact) mass is 411 g/mol. The van der Waals surface area contributed by atoms with Crippen LogP contribution in [0.3, 0.4) is 0 Å². The second-order valence-electron chi connectivity index (χ2n) is 8.43. The van der Waals surface area contributed by atoms with Crippen LogP contribution in [0.4, 0.5) is 5.69 Å². The largest absolute Gasteiger partial charge is 0.482 e. The first-order valence-electron chi connectivity index (χ1n) is 10.8. The number of carbonyl (C=O) groups excluding carboxylic acids is 1. The molecule has 1 aromatic heterocycles. The Balaban J connectivity index is 2.16. The summed E-state index contributed by atoms with van der Waals surface area (Å²) in [5.41, 5.74) is 2.43. The molecule has 6 heteroatoms. The Morgan fingerprint density at radius 1 is 1.20 bits per heavy atom. The van der Waals surface area contributed by atoms with Crippen molar-refractivity contribution in [3.8, 4) is 5.75 Å². The third-order valence-corrected chi connectivity index (χ3v) is 5.70. The molecule has 2 aromatic rings. The molecule has 160 valence electrons. The third kappa shape index (κ3) is 3.54. The molecule has 0 amide bonds. The van der Waals surface area contributed by atoms with E-state index in [4.69, 9.17) is 13.9 Å². The molecular weight excluding hydrogens is 382 g/mol. The molecule has 3 heterocycles. The Morgan fingerprint density at radius 2 is 1.93 bits per heavy atom. The molecule has 0 atom stereocenters. The minimum absolute atomic E-state index is 0.0423. The minimum atomic E-state index is -0.502. The van der Waals surface area contributed by atoms with Gasteiger partial charge in [0.1, 0.15) is 11.4 Å². The zero-order valence-corrected chi connectivity index (χ0v) is 18.2. The van der Waals surface area contributed by atoms with E-state index < -0.39 is 11.2 Å². The van der Waals surface area contributed by atoms with Crippen LogP contribution in [-0.2, 0) is 11.2 Å². The van der Waals surface area contributed by atoms with Crippen LogP contribution in [0.25, 0.3) is 17.0 Å². The summed E-state index contributed by atoms with van der Waals surface area (Å²) in [6, 6.07) is 1.54. The van der Waals surface area contributed by atoms with E-state index in [1.165, 1.54) is 6.07 Å². The van der Waals surface area contributed by atoms with Crippen molar-refractivity contribution in [1.82, 2.24) is 0 Å². The number of ketones is 1. The zero-order valence-electron chi connectivity index (χ0n) is 18.2. The first-order valence-corrected chi connectivity index (χ1v) is 10.8.